The van der Waals surface area contributed by atoms with Crippen molar-refractivity contribution >= 4 is 23.4 Å². The minimum atomic E-state index is -0.544. The molecule has 1 saturated heterocycles. The van der Waals surface area contributed by atoms with E-state index in [1.54, 1.807) is 36.1 Å². The zero-order valence-corrected chi connectivity index (χ0v) is 13.5. The molecule has 1 aromatic carbocycles. The maximum atomic E-state index is 12.4. The van der Waals surface area contributed by atoms with Crippen LogP contribution in [0, 0.1) is 5.92 Å². The lowest BCUT2D eigenvalue weighted by Crippen LogP contribution is -2.49. The molecule has 3 N–H and O–H groups in total. The van der Waals surface area contributed by atoms with Crippen molar-refractivity contribution in [3.05, 3.63) is 34.9 Å². The number of carbonyl (C=O) groups excluding carboxylic acids is 2. The van der Waals surface area contributed by atoms with Gasteiger partial charge in [0.25, 0.3) is 5.91 Å². The molecule has 0 aliphatic carbocycles. The van der Waals surface area contributed by atoms with Gasteiger partial charge in [0.15, 0.2) is 0 Å². The van der Waals surface area contributed by atoms with Crippen molar-refractivity contribution in [3.63, 3.8) is 0 Å². The standard InChI is InChI=1S/C16H22ClN3O2/c1-11(16(22)20-8-6-12(10-18)7-9-20)19-15(21)13-2-4-14(17)5-3-13/h2-5,11-12H,6-10,18H2,1H3,(H,19,21). The largest absolute Gasteiger partial charge is 0.341 e. The van der Waals surface area contributed by atoms with Gasteiger partial charge in [-0.15, -0.1) is 0 Å². The number of carbonyl (C=O) groups is 2. The first-order valence-electron chi connectivity index (χ1n) is 7.56. The topological polar surface area (TPSA) is 75.4 Å². The molecule has 1 atom stereocenters. The molecule has 5 nitrogen and oxygen atoms in total. The van der Waals surface area contributed by atoms with Crippen LogP contribution in [0.5, 0.6) is 0 Å². The van der Waals surface area contributed by atoms with E-state index < -0.39 is 6.04 Å². The van der Waals surface area contributed by atoms with Gasteiger partial charge >= 0.3 is 0 Å². The van der Waals surface area contributed by atoms with Gasteiger partial charge in [0.2, 0.25) is 5.91 Å². The predicted octanol–water partition coefficient (Wildman–Crippen LogP) is 1.66. The average molecular weight is 324 g/mol. The zero-order valence-electron chi connectivity index (χ0n) is 12.7. The first-order valence-corrected chi connectivity index (χ1v) is 7.94. The van der Waals surface area contributed by atoms with Crippen molar-refractivity contribution in [3.8, 4) is 0 Å². The molecular formula is C16H22ClN3O2. The molecule has 1 aromatic rings. The molecule has 120 valence electrons. The Morgan fingerprint density at radius 1 is 1.32 bits per heavy atom. The van der Waals surface area contributed by atoms with E-state index in [9.17, 15) is 9.59 Å². The summed E-state index contributed by atoms with van der Waals surface area (Å²) in [6, 6.07) is 6.04. The lowest BCUT2D eigenvalue weighted by atomic mass is 9.97. The number of likely N-dealkylation sites (tertiary alicyclic amines) is 1. The molecule has 1 heterocycles. The molecule has 22 heavy (non-hydrogen) atoms. The Morgan fingerprint density at radius 3 is 2.45 bits per heavy atom. The number of halogens is 1. The summed E-state index contributed by atoms with van der Waals surface area (Å²) in [6.45, 7) is 3.81. The fourth-order valence-corrected chi connectivity index (χ4v) is 2.73. The Labute approximate surface area is 135 Å². The van der Waals surface area contributed by atoms with Crippen molar-refractivity contribution in [2.24, 2.45) is 11.7 Å². The number of hydrogen-bond acceptors (Lipinski definition) is 3. The van der Waals surface area contributed by atoms with Crippen LogP contribution in [0.1, 0.15) is 30.1 Å². The second-order valence-corrected chi connectivity index (χ2v) is 6.14. The molecule has 6 heteroatoms. The number of nitrogens with one attached hydrogen (secondary N) is 1. The number of hydrogen-bond donors (Lipinski definition) is 2. The van der Waals surface area contributed by atoms with Gasteiger partial charge in [-0.2, -0.15) is 0 Å². The SMILES string of the molecule is CC(NC(=O)c1ccc(Cl)cc1)C(=O)N1CCC(CN)CC1. The van der Waals surface area contributed by atoms with Crippen molar-refractivity contribution in [1.29, 1.82) is 0 Å². The summed E-state index contributed by atoms with van der Waals surface area (Å²) in [4.78, 5) is 26.3. The van der Waals surface area contributed by atoms with E-state index in [0.717, 1.165) is 12.8 Å². The van der Waals surface area contributed by atoms with E-state index in [-0.39, 0.29) is 11.8 Å². The number of benzene rings is 1. The summed E-state index contributed by atoms with van der Waals surface area (Å²) in [5, 5.41) is 3.31. The van der Waals surface area contributed by atoms with Crippen LogP contribution in [0.3, 0.4) is 0 Å². The molecule has 2 rings (SSSR count). The third-order valence-corrected chi connectivity index (χ3v) is 4.34. The quantitative estimate of drug-likeness (QED) is 0.884. The van der Waals surface area contributed by atoms with Crippen LogP contribution in [0.25, 0.3) is 0 Å². The Kier molecular flexibility index (Phi) is 5.80. The third-order valence-electron chi connectivity index (χ3n) is 4.08. The molecule has 1 unspecified atom stereocenters. The highest BCUT2D eigenvalue weighted by atomic mass is 35.5. The Morgan fingerprint density at radius 2 is 1.91 bits per heavy atom. The highest BCUT2D eigenvalue weighted by molar-refractivity contribution is 6.30. The molecule has 1 aliphatic rings. The summed E-state index contributed by atoms with van der Waals surface area (Å²) >= 11 is 5.80. The smallest absolute Gasteiger partial charge is 0.251 e. The Bertz CT molecular complexity index is 525. The van der Waals surface area contributed by atoms with E-state index >= 15 is 0 Å². The molecule has 2 amide bonds. The number of rotatable bonds is 4. The maximum Gasteiger partial charge on any atom is 0.251 e. The van der Waals surface area contributed by atoms with Crippen LogP contribution >= 0.6 is 11.6 Å². The van der Waals surface area contributed by atoms with E-state index in [0.29, 0.717) is 36.1 Å². The van der Waals surface area contributed by atoms with Gasteiger partial charge in [0.05, 0.1) is 0 Å². The van der Waals surface area contributed by atoms with E-state index in [2.05, 4.69) is 5.32 Å². The van der Waals surface area contributed by atoms with Gasteiger partial charge in [0, 0.05) is 23.7 Å². The van der Waals surface area contributed by atoms with Gasteiger partial charge in [-0.05, 0) is 56.5 Å². The van der Waals surface area contributed by atoms with Gasteiger partial charge in [-0.25, -0.2) is 0 Å². The highest BCUT2D eigenvalue weighted by Crippen LogP contribution is 2.16. The molecular weight excluding hydrogens is 302 g/mol. The lowest BCUT2D eigenvalue weighted by Gasteiger charge is -2.33. The van der Waals surface area contributed by atoms with Gasteiger partial charge in [-0.3, -0.25) is 9.59 Å². The fraction of sp³-hybridized carbons (Fsp3) is 0.500. The van der Waals surface area contributed by atoms with Crippen molar-refractivity contribution in [1.82, 2.24) is 10.2 Å². The molecule has 0 saturated carbocycles. The van der Waals surface area contributed by atoms with Crippen molar-refractivity contribution < 1.29 is 9.59 Å². The van der Waals surface area contributed by atoms with Gasteiger partial charge in [0.1, 0.15) is 6.04 Å². The number of nitrogens with zero attached hydrogens (tertiary/aromatic N) is 1. The minimum Gasteiger partial charge on any atom is -0.341 e. The summed E-state index contributed by atoms with van der Waals surface area (Å²) in [7, 11) is 0. The molecule has 0 aromatic heterocycles. The molecule has 0 spiro atoms. The summed E-state index contributed by atoms with van der Waals surface area (Å²) in [5.74, 6) is 0.190. The van der Waals surface area contributed by atoms with Crippen LogP contribution in [0.15, 0.2) is 24.3 Å². The number of amides is 2. The van der Waals surface area contributed by atoms with Gasteiger partial charge in [-0.1, -0.05) is 11.6 Å². The molecule has 0 bridgehead atoms. The monoisotopic (exact) mass is 323 g/mol. The van der Waals surface area contributed by atoms with Crippen molar-refractivity contribution in [2.75, 3.05) is 19.6 Å². The highest BCUT2D eigenvalue weighted by Gasteiger charge is 2.26. The predicted molar refractivity (Wildman–Crippen MR) is 86.7 cm³/mol. The second kappa shape index (κ2) is 7.61. The fourth-order valence-electron chi connectivity index (χ4n) is 2.61. The zero-order chi connectivity index (χ0) is 16.1. The Hall–Kier alpha value is -1.59. The molecule has 0 radical (unpaired) electrons. The summed E-state index contributed by atoms with van der Waals surface area (Å²) in [5.41, 5.74) is 6.15. The average Bonchev–Trinajstić information content (AvgIpc) is 2.54. The summed E-state index contributed by atoms with van der Waals surface area (Å²) < 4.78 is 0. The first kappa shape index (κ1) is 16.8. The van der Waals surface area contributed by atoms with Crippen LogP contribution < -0.4 is 11.1 Å². The van der Waals surface area contributed by atoms with Crippen LogP contribution in [-0.2, 0) is 4.79 Å². The van der Waals surface area contributed by atoms with Crippen LogP contribution in [0.4, 0.5) is 0 Å². The van der Waals surface area contributed by atoms with E-state index in [1.807, 2.05) is 0 Å². The minimum absolute atomic E-state index is 0.0437. The third kappa shape index (κ3) is 4.21. The number of piperidine rings is 1. The van der Waals surface area contributed by atoms with Crippen molar-refractivity contribution in [2.45, 2.75) is 25.8 Å². The lowest BCUT2D eigenvalue weighted by molar-refractivity contribution is -0.134. The second-order valence-electron chi connectivity index (χ2n) is 5.71. The number of nitrogens with two attached hydrogens (primary N) is 1. The normalized spacial score (nSPS) is 17.1. The van der Waals surface area contributed by atoms with E-state index in [1.165, 1.54) is 0 Å². The van der Waals surface area contributed by atoms with Crippen LogP contribution in [0.2, 0.25) is 5.02 Å². The molecule has 1 aliphatic heterocycles. The molecule has 1 fully saturated rings. The van der Waals surface area contributed by atoms with Gasteiger partial charge < -0.3 is 16.0 Å². The maximum absolute atomic E-state index is 12.4. The van der Waals surface area contributed by atoms with Crippen LogP contribution in [-0.4, -0.2) is 42.4 Å². The first-order chi connectivity index (χ1) is 10.5. The Balaban J connectivity index is 1.88. The summed E-state index contributed by atoms with van der Waals surface area (Å²) in [6.07, 6.45) is 1.86. The van der Waals surface area contributed by atoms with E-state index in [4.69, 9.17) is 17.3 Å².